The zero-order chi connectivity index (χ0) is 14.7. The number of rotatable bonds is 4. The molecule has 0 radical (unpaired) electrons. The molecule has 0 spiro atoms. The van der Waals surface area contributed by atoms with Gasteiger partial charge in [0.1, 0.15) is 0 Å². The molecule has 1 aromatic rings. The van der Waals surface area contributed by atoms with Gasteiger partial charge in [-0.2, -0.15) is 0 Å². The maximum absolute atomic E-state index is 6.40. The predicted octanol–water partition coefficient (Wildman–Crippen LogP) is 4.56. The Morgan fingerprint density at radius 2 is 1.95 bits per heavy atom. The summed E-state index contributed by atoms with van der Waals surface area (Å²) in [5, 5.41) is 5.09. The summed E-state index contributed by atoms with van der Waals surface area (Å²) >= 11 is 18.7. The van der Waals surface area contributed by atoms with Gasteiger partial charge in [-0.1, -0.05) is 40.4 Å². The minimum absolute atomic E-state index is 0.179. The minimum atomic E-state index is 0.179. The van der Waals surface area contributed by atoms with Gasteiger partial charge in [-0.3, -0.25) is 4.90 Å². The fourth-order valence-corrected chi connectivity index (χ4v) is 3.32. The zero-order valence-electron chi connectivity index (χ0n) is 11.6. The number of hydrogen-bond donors (Lipinski definition) is 1. The molecule has 5 heteroatoms. The molecular formula is C15H19Cl3N2. The highest BCUT2D eigenvalue weighted by Gasteiger charge is 2.25. The second kappa shape index (κ2) is 7.15. The van der Waals surface area contributed by atoms with Crippen molar-refractivity contribution in [3.8, 4) is 0 Å². The molecule has 0 amide bonds. The quantitative estimate of drug-likeness (QED) is 0.642. The van der Waals surface area contributed by atoms with Crippen molar-refractivity contribution in [1.82, 2.24) is 10.2 Å². The van der Waals surface area contributed by atoms with E-state index in [2.05, 4.69) is 16.8 Å². The van der Waals surface area contributed by atoms with Crippen LogP contribution in [0.25, 0.3) is 0 Å². The summed E-state index contributed by atoms with van der Waals surface area (Å²) in [4.78, 5) is 2.42. The molecule has 20 heavy (non-hydrogen) atoms. The molecule has 1 N–H and O–H groups in total. The van der Waals surface area contributed by atoms with E-state index < -0.39 is 0 Å². The summed E-state index contributed by atoms with van der Waals surface area (Å²) in [7, 11) is 0. The first-order valence-electron chi connectivity index (χ1n) is 6.72. The van der Waals surface area contributed by atoms with Crippen LogP contribution in [-0.2, 0) is 0 Å². The summed E-state index contributed by atoms with van der Waals surface area (Å²) in [6.07, 6.45) is 0.858. The first-order chi connectivity index (χ1) is 9.49. The van der Waals surface area contributed by atoms with Crippen LogP contribution in [0.1, 0.15) is 24.9 Å². The number of hydrogen-bond acceptors (Lipinski definition) is 2. The molecule has 0 bridgehead atoms. The average molecular weight is 334 g/mol. The fourth-order valence-electron chi connectivity index (χ4n) is 2.58. The molecule has 1 atom stereocenters. The Hall–Kier alpha value is -0.250. The summed E-state index contributed by atoms with van der Waals surface area (Å²) < 4.78 is 0. The van der Waals surface area contributed by atoms with Crippen LogP contribution in [0.5, 0.6) is 0 Å². The van der Waals surface area contributed by atoms with Gasteiger partial charge < -0.3 is 5.32 Å². The third-order valence-electron chi connectivity index (χ3n) is 3.51. The minimum Gasteiger partial charge on any atom is -0.314 e. The van der Waals surface area contributed by atoms with Gasteiger partial charge >= 0.3 is 0 Å². The molecule has 0 unspecified atom stereocenters. The summed E-state index contributed by atoms with van der Waals surface area (Å²) in [6.45, 7) is 10.0. The van der Waals surface area contributed by atoms with Crippen molar-refractivity contribution in [1.29, 1.82) is 0 Å². The number of nitrogens with one attached hydrogen (secondary N) is 1. The molecule has 1 heterocycles. The third-order valence-corrected chi connectivity index (χ3v) is 4.55. The molecule has 2 nitrogen and oxygen atoms in total. The number of piperazine rings is 1. The second-order valence-electron chi connectivity index (χ2n) is 5.25. The van der Waals surface area contributed by atoms with E-state index in [0.29, 0.717) is 15.1 Å². The average Bonchev–Trinajstić information content (AvgIpc) is 2.41. The van der Waals surface area contributed by atoms with E-state index in [1.54, 1.807) is 6.07 Å². The van der Waals surface area contributed by atoms with E-state index in [4.69, 9.17) is 34.8 Å². The Bertz CT molecular complexity index is 496. The van der Waals surface area contributed by atoms with Crippen LogP contribution in [0.15, 0.2) is 24.3 Å². The Morgan fingerprint density at radius 3 is 2.55 bits per heavy atom. The van der Waals surface area contributed by atoms with Crippen molar-refractivity contribution >= 4 is 34.8 Å². The van der Waals surface area contributed by atoms with Gasteiger partial charge in [0.15, 0.2) is 0 Å². The molecule has 1 aromatic carbocycles. The number of nitrogens with zero attached hydrogens (tertiary/aromatic N) is 1. The fraction of sp³-hybridized carbons (Fsp3) is 0.467. The number of halogens is 3. The van der Waals surface area contributed by atoms with Gasteiger partial charge in [0.2, 0.25) is 0 Å². The molecule has 110 valence electrons. The van der Waals surface area contributed by atoms with E-state index >= 15 is 0 Å². The zero-order valence-corrected chi connectivity index (χ0v) is 13.8. The van der Waals surface area contributed by atoms with Crippen molar-refractivity contribution in [2.45, 2.75) is 19.4 Å². The lowest BCUT2D eigenvalue weighted by Crippen LogP contribution is -2.45. The van der Waals surface area contributed by atoms with Crippen LogP contribution >= 0.6 is 34.8 Å². The van der Waals surface area contributed by atoms with E-state index in [1.807, 2.05) is 13.0 Å². The molecular weight excluding hydrogens is 315 g/mol. The normalized spacial score (nSPS) is 18.0. The van der Waals surface area contributed by atoms with Gasteiger partial charge in [0.05, 0.1) is 10.0 Å². The van der Waals surface area contributed by atoms with Crippen LogP contribution in [-0.4, -0.2) is 31.1 Å². The molecule has 1 aliphatic rings. The Kier molecular flexibility index (Phi) is 5.76. The van der Waals surface area contributed by atoms with Crippen LogP contribution < -0.4 is 5.32 Å². The lowest BCUT2D eigenvalue weighted by atomic mass is 9.98. The third kappa shape index (κ3) is 3.90. The summed E-state index contributed by atoms with van der Waals surface area (Å²) in [5.74, 6) is 0. The molecule has 1 aliphatic heterocycles. The van der Waals surface area contributed by atoms with Crippen molar-refractivity contribution in [3.63, 3.8) is 0 Å². The standard InChI is InChI=1S/C15H19Cl3N2/c1-10(2)7-14(20-5-3-19-4-6-20)12-8-11(16)9-13(17)15(12)18/h8-9,14,19H,1,3-7H2,2H3/t14-/m0/s1. The van der Waals surface area contributed by atoms with Crippen molar-refractivity contribution in [2.75, 3.05) is 26.2 Å². The highest BCUT2D eigenvalue weighted by Crippen LogP contribution is 2.38. The van der Waals surface area contributed by atoms with E-state index in [0.717, 1.165) is 43.7 Å². The molecule has 2 rings (SSSR count). The van der Waals surface area contributed by atoms with Gasteiger partial charge in [0, 0.05) is 37.2 Å². The lowest BCUT2D eigenvalue weighted by Gasteiger charge is -2.36. The first kappa shape index (κ1) is 16.1. The second-order valence-corrected chi connectivity index (χ2v) is 6.48. The maximum Gasteiger partial charge on any atom is 0.0641 e. The maximum atomic E-state index is 6.40. The van der Waals surface area contributed by atoms with Crippen LogP contribution in [0.3, 0.4) is 0 Å². The van der Waals surface area contributed by atoms with Crippen LogP contribution in [0, 0.1) is 0 Å². The molecule has 1 saturated heterocycles. The SMILES string of the molecule is C=C(C)C[C@@H](c1cc(Cl)cc(Cl)c1Cl)N1CCNCC1. The lowest BCUT2D eigenvalue weighted by molar-refractivity contribution is 0.172. The van der Waals surface area contributed by atoms with Gasteiger partial charge in [-0.25, -0.2) is 0 Å². The first-order valence-corrected chi connectivity index (χ1v) is 7.86. The Morgan fingerprint density at radius 1 is 1.30 bits per heavy atom. The highest BCUT2D eigenvalue weighted by atomic mass is 35.5. The van der Waals surface area contributed by atoms with Crippen molar-refractivity contribution in [2.24, 2.45) is 0 Å². The molecule has 1 fully saturated rings. The largest absolute Gasteiger partial charge is 0.314 e. The van der Waals surface area contributed by atoms with Crippen LogP contribution in [0.4, 0.5) is 0 Å². The molecule has 0 aromatic heterocycles. The van der Waals surface area contributed by atoms with Crippen molar-refractivity contribution < 1.29 is 0 Å². The molecule has 0 aliphatic carbocycles. The van der Waals surface area contributed by atoms with Gasteiger partial charge in [-0.05, 0) is 31.0 Å². The smallest absolute Gasteiger partial charge is 0.0641 e. The van der Waals surface area contributed by atoms with E-state index in [9.17, 15) is 0 Å². The topological polar surface area (TPSA) is 15.3 Å². The summed E-state index contributed by atoms with van der Waals surface area (Å²) in [6, 6.07) is 3.79. The van der Waals surface area contributed by atoms with E-state index in [-0.39, 0.29) is 6.04 Å². The van der Waals surface area contributed by atoms with Gasteiger partial charge in [-0.15, -0.1) is 6.58 Å². The Labute approximate surface area is 135 Å². The van der Waals surface area contributed by atoms with Crippen LogP contribution in [0.2, 0.25) is 15.1 Å². The van der Waals surface area contributed by atoms with E-state index in [1.165, 1.54) is 0 Å². The predicted molar refractivity (Wildman–Crippen MR) is 88.1 cm³/mol. The highest BCUT2D eigenvalue weighted by molar-refractivity contribution is 6.43. The van der Waals surface area contributed by atoms with Gasteiger partial charge in [0.25, 0.3) is 0 Å². The van der Waals surface area contributed by atoms with Crippen molar-refractivity contribution in [3.05, 3.63) is 44.9 Å². The molecule has 0 saturated carbocycles. The monoisotopic (exact) mass is 332 g/mol. The number of benzene rings is 1. The Balaban J connectivity index is 2.37. The summed E-state index contributed by atoms with van der Waals surface area (Å²) in [5.41, 5.74) is 2.12.